The second-order valence-electron chi connectivity index (χ2n) is 10.0. The van der Waals surface area contributed by atoms with E-state index in [4.69, 9.17) is 37.2 Å². The number of furan rings is 1. The van der Waals surface area contributed by atoms with Crippen molar-refractivity contribution >= 4 is 41.0 Å². The first-order valence-electron chi connectivity index (χ1n) is 13.5. The van der Waals surface area contributed by atoms with Crippen molar-refractivity contribution in [2.24, 2.45) is 0 Å². The first-order valence-corrected chi connectivity index (χ1v) is 14.3. The number of ether oxygens (including phenoxy) is 1. The first-order chi connectivity index (χ1) is 19.8. The van der Waals surface area contributed by atoms with Crippen LogP contribution in [0.4, 0.5) is 0 Å². The van der Waals surface area contributed by atoms with Crippen molar-refractivity contribution < 1.29 is 33.5 Å². The molecule has 0 saturated heterocycles. The lowest BCUT2D eigenvalue weighted by Gasteiger charge is -2.48. The van der Waals surface area contributed by atoms with Gasteiger partial charge in [-0.05, 0) is 61.2 Å². The lowest BCUT2D eigenvalue weighted by Crippen LogP contribution is -2.55. The number of rotatable bonds is 8. The van der Waals surface area contributed by atoms with Gasteiger partial charge >= 0.3 is 5.97 Å². The highest BCUT2D eigenvalue weighted by atomic mass is 35.5. The number of hydrogen-bond acceptors (Lipinski definition) is 7. The van der Waals surface area contributed by atoms with Crippen molar-refractivity contribution in [2.75, 3.05) is 6.61 Å². The lowest BCUT2D eigenvalue weighted by atomic mass is 9.77. The highest BCUT2D eigenvalue weighted by Gasteiger charge is 2.49. The Bertz CT molecular complexity index is 1440. The molecule has 5 rings (SSSR count). The van der Waals surface area contributed by atoms with Crippen molar-refractivity contribution in [3.63, 3.8) is 0 Å². The minimum Gasteiger partial charge on any atom is -0.460 e. The maximum absolute atomic E-state index is 14.0. The van der Waals surface area contributed by atoms with Crippen LogP contribution >= 0.6 is 23.2 Å². The third kappa shape index (κ3) is 5.99. The minimum absolute atomic E-state index is 0.0237. The second-order valence-corrected chi connectivity index (χ2v) is 10.9. The number of halogens is 2. The Kier molecular flexibility index (Phi) is 8.99. The summed E-state index contributed by atoms with van der Waals surface area (Å²) < 4.78 is 10.4. The van der Waals surface area contributed by atoms with E-state index >= 15 is 0 Å². The van der Waals surface area contributed by atoms with Crippen LogP contribution in [0.3, 0.4) is 0 Å². The molecule has 2 aliphatic rings. The van der Waals surface area contributed by atoms with Crippen molar-refractivity contribution in [1.29, 1.82) is 0 Å². The molecule has 1 fully saturated rings. The summed E-state index contributed by atoms with van der Waals surface area (Å²) in [6.07, 6.45) is 2.08. The summed E-state index contributed by atoms with van der Waals surface area (Å²) in [6, 6.07) is 13.5. The molecule has 41 heavy (non-hydrogen) atoms. The number of aliphatic hydroxyl groups is 1. The summed E-state index contributed by atoms with van der Waals surface area (Å²) in [5, 5.41) is 11.7. The fraction of sp³-hybridized carbons (Fsp3) is 0.367. The van der Waals surface area contributed by atoms with E-state index in [0.29, 0.717) is 45.3 Å². The van der Waals surface area contributed by atoms with E-state index in [1.165, 1.54) is 6.07 Å². The standard InChI is InChI=1S/C30H30Cl2N2O7/c1-2-39-30(38)25-14-12-18(41-25)16-40-33-28(36)26-19-7-3-4-8-20(19)29(37)34(23-9-5-6-10-24(23)35)27(26)21-13-11-17(31)15-22(21)32/h3-4,7-8,11-15,23-24,26-27,35H,2,5-6,9-10,16H2,1H3,(H,33,36)/t23-,24-,26+,27-/m0/s1. The third-order valence-corrected chi connectivity index (χ3v) is 8.08. The molecule has 0 bridgehead atoms. The summed E-state index contributed by atoms with van der Waals surface area (Å²) in [6.45, 7) is 1.74. The zero-order chi connectivity index (χ0) is 29.1. The Balaban J connectivity index is 1.48. The van der Waals surface area contributed by atoms with Gasteiger partial charge in [-0.1, -0.05) is 60.3 Å². The van der Waals surface area contributed by atoms with E-state index in [9.17, 15) is 19.5 Å². The number of esters is 1. The number of aliphatic hydroxyl groups excluding tert-OH is 1. The number of carbonyl (C=O) groups is 3. The topological polar surface area (TPSA) is 118 Å². The van der Waals surface area contributed by atoms with E-state index < -0.39 is 36.0 Å². The molecule has 0 unspecified atom stereocenters. The number of amides is 2. The number of nitrogens with zero attached hydrogens (tertiary/aromatic N) is 1. The minimum atomic E-state index is -0.927. The zero-order valence-corrected chi connectivity index (χ0v) is 23.9. The molecule has 1 aliphatic heterocycles. The van der Waals surface area contributed by atoms with Crippen LogP contribution < -0.4 is 5.48 Å². The van der Waals surface area contributed by atoms with Gasteiger partial charge in [0.15, 0.2) is 0 Å². The molecule has 9 nitrogen and oxygen atoms in total. The van der Waals surface area contributed by atoms with Crippen LogP contribution in [0, 0.1) is 0 Å². The molecular weight excluding hydrogens is 571 g/mol. The van der Waals surface area contributed by atoms with Gasteiger partial charge in [-0.2, -0.15) is 0 Å². The number of nitrogens with one attached hydrogen (secondary N) is 1. The van der Waals surface area contributed by atoms with Crippen molar-refractivity contribution in [1.82, 2.24) is 10.4 Å². The summed E-state index contributed by atoms with van der Waals surface area (Å²) in [5.74, 6) is -2.00. The molecule has 2 N–H and O–H groups in total. The Morgan fingerprint density at radius 3 is 2.61 bits per heavy atom. The Hall–Kier alpha value is -3.37. The number of hydroxylamine groups is 1. The molecule has 1 saturated carbocycles. The van der Waals surface area contributed by atoms with Crippen LogP contribution in [0.2, 0.25) is 10.0 Å². The fourth-order valence-corrected chi connectivity index (χ4v) is 6.22. The molecule has 1 aliphatic carbocycles. The molecule has 0 spiro atoms. The average molecular weight is 601 g/mol. The van der Waals surface area contributed by atoms with Crippen molar-refractivity contribution in [2.45, 2.75) is 63.3 Å². The smallest absolute Gasteiger partial charge is 0.374 e. The summed E-state index contributed by atoms with van der Waals surface area (Å²) >= 11 is 12.9. The van der Waals surface area contributed by atoms with Crippen LogP contribution in [0.1, 0.15) is 82.4 Å². The third-order valence-electron chi connectivity index (χ3n) is 7.52. The van der Waals surface area contributed by atoms with Gasteiger partial charge in [0.25, 0.3) is 11.8 Å². The molecule has 2 heterocycles. The maximum atomic E-state index is 14.0. The number of fused-ring (bicyclic) bond motifs is 1. The predicted molar refractivity (Wildman–Crippen MR) is 150 cm³/mol. The number of carbonyl (C=O) groups excluding carboxylic acids is 3. The van der Waals surface area contributed by atoms with E-state index in [1.54, 1.807) is 60.4 Å². The van der Waals surface area contributed by atoms with Crippen molar-refractivity contribution in [3.05, 3.63) is 92.9 Å². The molecular formula is C30H30Cl2N2O7. The van der Waals surface area contributed by atoms with Gasteiger partial charge in [0.2, 0.25) is 5.76 Å². The Morgan fingerprint density at radius 2 is 1.85 bits per heavy atom. The fourth-order valence-electron chi connectivity index (χ4n) is 5.70. The Morgan fingerprint density at radius 1 is 1.07 bits per heavy atom. The highest BCUT2D eigenvalue weighted by molar-refractivity contribution is 6.35. The van der Waals surface area contributed by atoms with Crippen LogP contribution in [0.25, 0.3) is 0 Å². The SMILES string of the molecule is CCOC(=O)c1ccc(CONC(=O)[C@@H]2c3ccccc3C(=O)N([C@H]3CCCC[C@@H]3O)[C@H]2c2ccc(Cl)cc2Cl)o1. The van der Waals surface area contributed by atoms with E-state index in [-0.39, 0.29) is 24.9 Å². The number of hydrogen-bond donors (Lipinski definition) is 2. The van der Waals surface area contributed by atoms with E-state index in [2.05, 4.69) is 5.48 Å². The zero-order valence-electron chi connectivity index (χ0n) is 22.3. The van der Waals surface area contributed by atoms with Crippen LogP contribution in [0.5, 0.6) is 0 Å². The molecule has 1 aromatic heterocycles. The van der Waals surface area contributed by atoms with Gasteiger partial charge in [0, 0.05) is 15.6 Å². The van der Waals surface area contributed by atoms with Gasteiger partial charge in [0.05, 0.1) is 30.7 Å². The van der Waals surface area contributed by atoms with Gasteiger partial charge in [-0.3, -0.25) is 14.4 Å². The van der Waals surface area contributed by atoms with Crippen LogP contribution in [-0.2, 0) is 21.0 Å². The predicted octanol–water partition coefficient (Wildman–Crippen LogP) is 5.60. The summed E-state index contributed by atoms with van der Waals surface area (Å²) in [5.41, 5.74) is 3.92. The molecule has 0 radical (unpaired) electrons. The highest BCUT2D eigenvalue weighted by Crippen LogP contribution is 2.47. The lowest BCUT2D eigenvalue weighted by molar-refractivity contribution is -0.139. The molecule has 2 aromatic carbocycles. The number of benzene rings is 2. The molecule has 11 heteroatoms. The molecule has 2 amide bonds. The van der Waals surface area contributed by atoms with Crippen LogP contribution in [-0.4, -0.2) is 46.5 Å². The normalized spacial score (nSPS) is 22.2. The summed E-state index contributed by atoms with van der Waals surface area (Å²) in [4.78, 5) is 47.0. The molecule has 3 aromatic rings. The largest absolute Gasteiger partial charge is 0.460 e. The van der Waals surface area contributed by atoms with Crippen molar-refractivity contribution in [3.8, 4) is 0 Å². The van der Waals surface area contributed by atoms with Gasteiger partial charge in [-0.25, -0.2) is 10.3 Å². The van der Waals surface area contributed by atoms with Gasteiger partial charge < -0.3 is 19.2 Å². The van der Waals surface area contributed by atoms with Crippen LogP contribution in [0.15, 0.2) is 59.0 Å². The van der Waals surface area contributed by atoms with Gasteiger partial charge in [-0.15, -0.1) is 0 Å². The summed E-state index contributed by atoms with van der Waals surface area (Å²) in [7, 11) is 0. The maximum Gasteiger partial charge on any atom is 0.374 e. The van der Waals surface area contributed by atoms with Gasteiger partial charge in [0.1, 0.15) is 12.4 Å². The Labute approximate surface area is 247 Å². The first kappa shape index (κ1) is 29.1. The monoisotopic (exact) mass is 600 g/mol. The average Bonchev–Trinajstić information content (AvgIpc) is 3.43. The quantitative estimate of drug-likeness (QED) is 0.255. The molecule has 216 valence electrons. The molecule has 4 atom stereocenters. The van der Waals surface area contributed by atoms with E-state index in [1.807, 2.05) is 0 Å². The van der Waals surface area contributed by atoms with E-state index in [0.717, 1.165) is 12.8 Å². The second kappa shape index (κ2) is 12.7.